The van der Waals surface area contributed by atoms with E-state index in [9.17, 15) is 18.0 Å². The van der Waals surface area contributed by atoms with E-state index in [1.807, 2.05) is 0 Å². The molecular formula is C11H11F3N4O2. The van der Waals surface area contributed by atoms with E-state index < -0.39 is 23.4 Å². The fourth-order valence-electron chi connectivity index (χ4n) is 1.20. The van der Waals surface area contributed by atoms with Gasteiger partial charge in [-0.15, -0.1) is 5.10 Å². The van der Waals surface area contributed by atoms with Gasteiger partial charge < -0.3 is 10.5 Å². The number of esters is 1. The molecule has 9 heteroatoms. The van der Waals surface area contributed by atoms with Gasteiger partial charge in [0.25, 0.3) is 0 Å². The lowest BCUT2D eigenvalue weighted by Gasteiger charge is -2.12. The molecule has 0 aromatic carbocycles. The molecule has 1 heterocycles. The van der Waals surface area contributed by atoms with Crippen LogP contribution in [0.1, 0.15) is 6.92 Å². The van der Waals surface area contributed by atoms with Crippen LogP contribution in [0.2, 0.25) is 0 Å². The number of nitrogens with two attached hydrogens (primary N) is 1. The normalized spacial score (nSPS) is 13.2. The Balaban J connectivity index is 3.27. The molecule has 2 N–H and O–H groups in total. The lowest BCUT2D eigenvalue weighted by atomic mass is 10.1. The van der Waals surface area contributed by atoms with Gasteiger partial charge in [0.15, 0.2) is 11.5 Å². The summed E-state index contributed by atoms with van der Waals surface area (Å²) in [4.78, 5) is 14.7. The quantitative estimate of drug-likeness (QED) is 0.515. The van der Waals surface area contributed by atoms with Crippen molar-refractivity contribution in [3.63, 3.8) is 0 Å². The fraction of sp³-hybridized carbons (Fsp3) is 0.273. The van der Waals surface area contributed by atoms with Crippen molar-refractivity contribution in [3.05, 3.63) is 30.1 Å². The van der Waals surface area contributed by atoms with Gasteiger partial charge in [-0.1, -0.05) is 0 Å². The van der Waals surface area contributed by atoms with Crippen molar-refractivity contribution in [2.75, 3.05) is 6.61 Å². The molecule has 0 aliphatic carbocycles. The largest absolute Gasteiger partial charge is 0.462 e. The summed E-state index contributed by atoms with van der Waals surface area (Å²) in [5, 5.41) is 6.79. The Hall–Kier alpha value is -2.45. The summed E-state index contributed by atoms with van der Waals surface area (Å²) in [6.45, 7) is 1.37. The van der Waals surface area contributed by atoms with E-state index in [4.69, 9.17) is 5.73 Å². The second-order valence-electron chi connectivity index (χ2n) is 3.34. The maximum atomic E-state index is 13.0. The number of aliphatic imine (C=N–C) groups is 1. The van der Waals surface area contributed by atoms with Gasteiger partial charge in [-0.3, -0.25) is 0 Å². The number of alkyl halides is 3. The van der Waals surface area contributed by atoms with Gasteiger partial charge >= 0.3 is 12.1 Å². The standard InChI is InChI=1S/C11H11F3N4O2/c1-2-20-10(19)7(6-15)9(11(12,13)14)17-8-4-3-5-16-18-8/h3-6H,2,15H2,1H3. The number of halogens is 3. The molecule has 0 aliphatic rings. The SMILES string of the molecule is CCOC(=O)C(=CN)C(=Nc1cccnn1)C(F)(F)F. The highest BCUT2D eigenvalue weighted by molar-refractivity contribution is 6.22. The van der Waals surface area contributed by atoms with Crippen molar-refractivity contribution in [3.8, 4) is 0 Å². The van der Waals surface area contributed by atoms with Crippen LogP contribution in [0.4, 0.5) is 19.0 Å². The van der Waals surface area contributed by atoms with Crippen molar-refractivity contribution in [2.45, 2.75) is 13.1 Å². The van der Waals surface area contributed by atoms with Crippen molar-refractivity contribution >= 4 is 17.5 Å². The summed E-state index contributed by atoms with van der Waals surface area (Å²) < 4.78 is 43.4. The van der Waals surface area contributed by atoms with Gasteiger partial charge in [0.05, 0.1) is 6.61 Å². The van der Waals surface area contributed by atoms with Crippen LogP contribution in [0.5, 0.6) is 0 Å². The van der Waals surface area contributed by atoms with E-state index in [0.717, 1.165) is 0 Å². The lowest BCUT2D eigenvalue weighted by molar-refractivity contribution is -0.138. The van der Waals surface area contributed by atoms with Crippen LogP contribution in [0.15, 0.2) is 35.1 Å². The maximum Gasteiger partial charge on any atom is 0.434 e. The minimum Gasteiger partial charge on any atom is -0.462 e. The van der Waals surface area contributed by atoms with Crippen LogP contribution in [0.3, 0.4) is 0 Å². The first-order chi connectivity index (χ1) is 9.40. The summed E-state index contributed by atoms with van der Waals surface area (Å²) in [6.07, 6.45) is -3.12. The minimum atomic E-state index is -4.89. The Morgan fingerprint density at radius 1 is 1.55 bits per heavy atom. The fourth-order valence-corrected chi connectivity index (χ4v) is 1.20. The van der Waals surface area contributed by atoms with Crippen LogP contribution < -0.4 is 5.73 Å². The van der Waals surface area contributed by atoms with Crippen LogP contribution in [-0.4, -0.2) is 34.7 Å². The van der Waals surface area contributed by atoms with E-state index >= 15 is 0 Å². The first-order valence-corrected chi connectivity index (χ1v) is 5.43. The van der Waals surface area contributed by atoms with E-state index in [1.54, 1.807) is 0 Å². The molecule has 0 fully saturated rings. The zero-order chi connectivity index (χ0) is 15.2. The van der Waals surface area contributed by atoms with Crippen LogP contribution in [0.25, 0.3) is 0 Å². The molecule has 0 saturated carbocycles. The Kier molecular flexibility index (Phi) is 5.18. The molecule has 0 saturated heterocycles. The number of ether oxygens (including phenoxy) is 1. The average molecular weight is 288 g/mol. The van der Waals surface area contributed by atoms with Gasteiger partial charge in [-0.25, -0.2) is 9.79 Å². The van der Waals surface area contributed by atoms with Gasteiger partial charge in [0, 0.05) is 12.4 Å². The Morgan fingerprint density at radius 3 is 2.70 bits per heavy atom. The summed E-state index contributed by atoms with van der Waals surface area (Å²) >= 11 is 0. The molecule has 0 spiro atoms. The van der Waals surface area contributed by atoms with Gasteiger partial charge in [0.1, 0.15) is 5.57 Å². The average Bonchev–Trinajstić information content (AvgIpc) is 2.39. The second-order valence-corrected chi connectivity index (χ2v) is 3.34. The third kappa shape index (κ3) is 4.04. The van der Waals surface area contributed by atoms with Gasteiger partial charge in [-0.05, 0) is 19.1 Å². The number of carbonyl (C=O) groups excluding carboxylic acids is 1. The summed E-state index contributed by atoms with van der Waals surface area (Å²) in [6, 6.07) is 2.56. The number of hydrogen-bond acceptors (Lipinski definition) is 6. The molecule has 6 nitrogen and oxygen atoms in total. The van der Waals surface area contributed by atoms with Crippen molar-refractivity contribution in [2.24, 2.45) is 10.7 Å². The molecule has 0 radical (unpaired) electrons. The molecule has 0 atom stereocenters. The zero-order valence-electron chi connectivity index (χ0n) is 10.4. The number of carbonyl (C=O) groups is 1. The molecule has 1 rings (SSSR count). The Bertz CT molecular complexity index is 526. The van der Waals surface area contributed by atoms with Gasteiger partial charge in [-0.2, -0.15) is 18.3 Å². The smallest absolute Gasteiger partial charge is 0.434 e. The first-order valence-electron chi connectivity index (χ1n) is 5.43. The second kappa shape index (κ2) is 6.64. The Morgan fingerprint density at radius 2 is 2.25 bits per heavy atom. The highest BCUT2D eigenvalue weighted by atomic mass is 19.4. The summed E-state index contributed by atoms with van der Waals surface area (Å²) in [7, 11) is 0. The molecule has 0 aliphatic heterocycles. The number of aromatic nitrogens is 2. The van der Waals surface area contributed by atoms with Gasteiger partial charge in [0.2, 0.25) is 0 Å². The lowest BCUT2D eigenvalue weighted by Crippen LogP contribution is -2.30. The highest BCUT2D eigenvalue weighted by Gasteiger charge is 2.41. The first kappa shape index (κ1) is 15.6. The Labute approximate surface area is 112 Å². The number of nitrogens with zero attached hydrogens (tertiary/aromatic N) is 3. The van der Waals surface area contributed by atoms with Crippen LogP contribution in [-0.2, 0) is 9.53 Å². The summed E-state index contributed by atoms with van der Waals surface area (Å²) in [5.74, 6) is -1.52. The maximum absolute atomic E-state index is 13.0. The molecular weight excluding hydrogens is 277 g/mol. The molecule has 1 aromatic heterocycles. The molecule has 0 amide bonds. The van der Waals surface area contributed by atoms with E-state index in [2.05, 4.69) is 19.9 Å². The highest BCUT2D eigenvalue weighted by Crippen LogP contribution is 2.25. The zero-order valence-corrected chi connectivity index (χ0v) is 10.4. The monoisotopic (exact) mass is 288 g/mol. The number of rotatable bonds is 4. The predicted octanol–water partition coefficient (Wildman–Crippen LogP) is 1.52. The molecule has 0 bridgehead atoms. The third-order valence-corrected chi connectivity index (χ3v) is 1.97. The third-order valence-electron chi connectivity index (χ3n) is 1.97. The predicted molar refractivity (Wildman–Crippen MR) is 64.1 cm³/mol. The van der Waals surface area contributed by atoms with Crippen LogP contribution >= 0.6 is 0 Å². The molecule has 1 aromatic rings. The topological polar surface area (TPSA) is 90.5 Å². The van der Waals surface area contributed by atoms with Crippen molar-refractivity contribution < 1.29 is 22.7 Å². The van der Waals surface area contributed by atoms with Crippen molar-refractivity contribution in [1.29, 1.82) is 0 Å². The van der Waals surface area contributed by atoms with E-state index in [-0.39, 0.29) is 12.4 Å². The summed E-state index contributed by atoms with van der Waals surface area (Å²) in [5.41, 5.74) is 2.70. The van der Waals surface area contributed by atoms with E-state index in [1.165, 1.54) is 25.3 Å². The minimum absolute atomic E-state index is 0.0908. The molecule has 108 valence electrons. The molecule has 0 unspecified atom stereocenters. The van der Waals surface area contributed by atoms with Crippen molar-refractivity contribution in [1.82, 2.24) is 10.2 Å². The molecule has 20 heavy (non-hydrogen) atoms. The van der Waals surface area contributed by atoms with Crippen LogP contribution in [0, 0.1) is 0 Å². The number of hydrogen-bond donors (Lipinski definition) is 1. The van der Waals surface area contributed by atoms with E-state index in [0.29, 0.717) is 6.20 Å².